The molecule has 5 heteroatoms. The van der Waals surface area contributed by atoms with E-state index in [4.69, 9.17) is 26.8 Å². The molecule has 0 spiro atoms. The van der Waals surface area contributed by atoms with Gasteiger partial charge >= 0.3 is 0 Å². The van der Waals surface area contributed by atoms with E-state index in [0.29, 0.717) is 30.3 Å². The van der Waals surface area contributed by atoms with Crippen LogP contribution in [0.1, 0.15) is 44.1 Å². The van der Waals surface area contributed by atoms with Gasteiger partial charge in [-0.15, -0.1) is 0 Å². The van der Waals surface area contributed by atoms with Crippen molar-refractivity contribution >= 4 is 11.6 Å². The van der Waals surface area contributed by atoms with Gasteiger partial charge in [-0.1, -0.05) is 30.9 Å². The van der Waals surface area contributed by atoms with Crippen LogP contribution in [0.15, 0.2) is 6.07 Å². The Morgan fingerprint density at radius 2 is 1.80 bits per heavy atom. The zero-order valence-corrected chi connectivity index (χ0v) is 12.1. The van der Waals surface area contributed by atoms with E-state index < -0.39 is 11.4 Å². The van der Waals surface area contributed by atoms with Gasteiger partial charge in [0.15, 0.2) is 17.3 Å². The summed E-state index contributed by atoms with van der Waals surface area (Å²) in [4.78, 5) is 0. The van der Waals surface area contributed by atoms with Gasteiger partial charge in [0.05, 0.1) is 23.8 Å². The van der Waals surface area contributed by atoms with Crippen molar-refractivity contribution in [3.63, 3.8) is 0 Å². The second-order valence-corrected chi connectivity index (χ2v) is 6.05. The summed E-state index contributed by atoms with van der Waals surface area (Å²) in [7, 11) is 0. The molecule has 0 saturated heterocycles. The number of nitrogens with two attached hydrogens (primary N) is 1. The van der Waals surface area contributed by atoms with E-state index in [2.05, 4.69) is 0 Å². The quantitative estimate of drug-likeness (QED) is 0.859. The summed E-state index contributed by atoms with van der Waals surface area (Å²) >= 11 is 6.02. The van der Waals surface area contributed by atoms with Crippen molar-refractivity contribution in [3.8, 4) is 11.5 Å². The SMILES string of the molecule is NC1(c2c(F)c(Cl)cc3c2OCCCO3)CCCCC1. The molecule has 0 atom stereocenters. The monoisotopic (exact) mass is 299 g/mol. The van der Waals surface area contributed by atoms with Crippen LogP contribution >= 0.6 is 11.6 Å². The lowest BCUT2D eigenvalue weighted by atomic mass is 9.76. The number of hydrogen-bond acceptors (Lipinski definition) is 3. The van der Waals surface area contributed by atoms with Crippen molar-refractivity contribution in [2.75, 3.05) is 13.2 Å². The third-order valence-corrected chi connectivity index (χ3v) is 4.45. The Kier molecular flexibility index (Phi) is 3.78. The lowest BCUT2D eigenvalue weighted by molar-refractivity contribution is 0.264. The van der Waals surface area contributed by atoms with E-state index in [1.54, 1.807) is 0 Å². The average Bonchev–Trinajstić information content (AvgIpc) is 2.65. The zero-order chi connectivity index (χ0) is 14.2. The molecular formula is C15H19ClFNO2. The van der Waals surface area contributed by atoms with Gasteiger partial charge in [0.1, 0.15) is 0 Å². The fraction of sp³-hybridized carbons (Fsp3) is 0.600. The molecule has 110 valence electrons. The van der Waals surface area contributed by atoms with Crippen molar-refractivity contribution < 1.29 is 13.9 Å². The van der Waals surface area contributed by atoms with E-state index in [-0.39, 0.29) is 5.02 Å². The highest BCUT2D eigenvalue weighted by atomic mass is 35.5. The molecule has 0 bridgehead atoms. The molecule has 1 aromatic rings. The van der Waals surface area contributed by atoms with Crippen LogP contribution in [0.5, 0.6) is 11.5 Å². The molecule has 3 nitrogen and oxygen atoms in total. The highest BCUT2D eigenvalue weighted by molar-refractivity contribution is 6.31. The minimum absolute atomic E-state index is 0.0552. The number of fused-ring (bicyclic) bond motifs is 1. The van der Waals surface area contributed by atoms with Crippen LogP contribution in [0.2, 0.25) is 5.02 Å². The zero-order valence-electron chi connectivity index (χ0n) is 11.4. The van der Waals surface area contributed by atoms with Crippen molar-refractivity contribution in [1.29, 1.82) is 0 Å². The highest BCUT2D eigenvalue weighted by Gasteiger charge is 2.38. The Morgan fingerprint density at radius 3 is 2.55 bits per heavy atom. The molecule has 2 N–H and O–H groups in total. The summed E-state index contributed by atoms with van der Waals surface area (Å²) in [6.07, 6.45) is 5.40. The second-order valence-electron chi connectivity index (χ2n) is 5.64. The normalized spacial score (nSPS) is 21.4. The van der Waals surface area contributed by atoms with E-state index in [1.807, 2.05) is 0 Å². The smallest absolute Gasteiger partial charge is 0.169 e. The van der Waals surface area contributed by atoms with Crippen molar-refractivity contribution in [3.05, 3.63) is 22.5 Å². The Hall–Kier alpha value is -1.00. The maximum atomic E-state index is 14.6. The molecular weight excluding hydrogens is 281 g/mol. The first-order valence-corrected chi connectivity index (χ1v) is 7.56. The number of hydrogen-bond donors (Lipinski definition) is 1. The van der Waals surface area contributed by atoms with Crippen molar-refractivity contribution in [2.24, 2.45) is 5.73 Å². The molecule has 0 unspecified atom stereocenters. The number of benzene rings is 1. The van der Waals surface area contributed by atoms with Gasteiger partial charge < -0.3 is 15.2 Å². The minimum atomic E-state index is -0.703. The van der Waals surface area contributed by atoms with Crippen LogP contribution < -0.4 is 15.2 Å². The molecule has 0 aromatic heterocycles. The highest BCUT2D eigenvalue weighted by Crippen LogP contribution is 2.47. The van der Waals surface area contributed by atoms with Crippen LogP contribution in [-0.4, -0.2) is 13.2 Å². The maximum absolute atomic E-state index is 14.6. The summed E-state index contributed by atoms with van der Waals surface area (Å²) < 4.78 is 26.0. The molecule has 2 aliphatic rings. The Balaban J connectivity index is 2.14. The molecule has 1 aliphatic carbocycles. The molecule has 0 amide bonds. The summed E-state index contributed by atoms with van der Waals surface area (Å²) in [5.74, 6) is 0.508. The Morgan fingerprint density at radius 1 is 1.10 bits per heavy atom. The largest absolute Gasteiger partial charge is 0.489 e. The molecule has 0 radical (unpaired) electrons. The van der Waals surface area contributed by atoms with Crippen LogP contribution in [0.25, 0.3) is 0 Å². The molecule has 1 aliphatic heterocycles. The molecule has 1 saturated carbocycles. The topological polar surface area (TPSA) is 44.5 Å². The fourth-order valence-electron chi connectivity index (χ4n) is 3.13. The summed E-state index contributed by atoms with van der Waals surface area (Å²) in [6, 6.07) is 1.49. The van der Waals surface area contributed by atoms with Crippen molar-refractivity contribution in [1.82, 2.24) is 0 Å². The number of ether oxygens (including phenoxy) is 2. The van der Waals surface area contributed by atoms with Crippen LogP contribution in [0.3, 0.4) is 0 Å². The molecule has 1 fully saturated rings. The second kappa shape index (κ2) is 5.41. The van der Waals surface area contributed by atoms with Gasteiger partial charge in [-0.05, 0) is 12.8 Å². The van der Waals surface area contributed by atoms with Crippen LogP contribution in [0, 0.1) is 5.82 Å². The predicted octanol–water partition coefficient (Wildman–Crippen LogP) is 3.76. The standard InChI is InChI=1S/C15H19ClFNO2/c16-10-9-11-14(20-8-4-7-19-11)12(13(10)17)15(18)5-2-1-3-6-15/h9H,1-8,18H2. The summed E-state index contributed by atoms with van der Waals surface area (Å²) in [5, 5.41) is 0.0552. The first-order chi connectivity index (χ1) is 9.62. The molecule has 1 heterocycles. The Labute approximate surface area is 123 Å². The van der Waals surface area contributed by atoms with E-state index in [9.17, 15) is 4.39 Å². The number of halogens is 2. The summed E-state index contributed by atoms with van der Waals surface area (Å²) in [6.45, 7) is 1.06. The lowest BCUT2D eigenvalue weighted by Crippen LogP contribution is -2.40. The molecule has 1 aromatic carbocycles. The van der Waals surface area contributed by atoms with Gasteiger partial charge in [0.2, 0.25) is 0 Å². The van der Waals surface area contributed by atoms with Gasteiger partial charge in [0, 0.05) is 18.0 Å². The minimum Gasteiger partial charge on any atom is -0.489 e. The van der Waals surface area contributed by atoms with Gasteiger partial charge in [-0.3, -0.25) is 0 Å². The van der Waals surface area contributed by atoms with Crippen LogP contribution in [-0.2, 0) is 5.54 Å². The third-order valence-electron chi connectivity index (χ3n) is 4.17. The average molecular weight is 300 g/mol. The first kappa shape index (κ1) is 14.0. The van der Waals surface area contributed by atoms with Crippen molar-refractivity contribution in [2.45, 2.75) is 44.1 Å². The fourth-order valence-corrected chi connectivity index (χ4v) is 3.32. The third kappa shape index (κ3) is 2.35. The maximum Gasteiger partial charge on any atom is 0.169 e. The van der Waals surface area contributed by atoms with Crippen LogP contribution in [0.4, 0.5) is 4.39 Å². The van der Waals surface area contributed by atoms with E-state index >= 15 is 0 Å². The molecule has 20 heavy (non-hydrogen) atoms. The lowest BCUT2D eigenvalue weighted by Gasteiger charge is -2.35. The van der Waals surface area contributed by atoms with E-state index in [0.717, 1.165) is 38.5 Å². The predicted molar refractivity (Wildman–Crippen MR) is 76.0 cm³/mol. The first-order valence-electron chi connectivity index (χ1n) is 7.19. The summed E-state index contributed by atoms with van der Waals surface area (Å²) in [5.41, 5.74) is 6.19. The van der Waals surface area contributed by atoms with Gasteiger partial charge in [0.25, 0.3) is 0 Å². The van der Waals surface area contributed by atoms with Gasteiger partial charge in [-0.2, -0.15) is 0 Å². The Bertz CT molecular complexity index is 515. The number of rotatable bonds is 1. The van der Waals surface area contributed by atoms with Gasteiger partial charge in [-0.25, -0.2) is 4.39 Å². The molecule has 3 rings (SSSR count). The van der Waals surface area contributed by atoms with E-state index in [1.165, 1.54) is 6.07 Å².